The van der Waals surface area contributed by atoms with Crippen molar-refractivity contribution < 1.29 is 49.8 Å². The van der Waals surface area contributed by atoms with Gasteiger partial charge in [-0.2, -0.15) is 0 Å². The average molecular weight is 468 g/mol. The van der Waals surface area contributed by atoms with Crippen molar-refractivity contribution in [2.24, 2.45) is 0 Å². The van der Waals surface area contributed by atoms with Crippen molar-refractivity contribution in [2.45, 2.75) is 0 Å². The van der Waals surface area contributed by atoms with Gasteiger partial charge < -0.3 is 41.3 Å². The van der Waals surface area contributed by atoms with Gasteiger partial charge in [-0.25, -0.2) is 9.59 Å². The topological polar surface area (TPSA) is 214 Å². The molecule has 0 bridgehead atoms. The van der Waals surface area contributed by atoms with E-state index in [0.29, 0.717) is 0 Å². The first-order valence-electron chi connectivity index (χ1n) is 9.29. The van der Waals surface area contributed by atoms with E-state index in [2.05, 4.69) is 10.6 Å². The fourth-order valence-electron chi connectivity index (χ4n) is 2.96. The zero-order valence-corrected chi connectivity index (χ0v) is 16.9. The van der Waals surface area contributed by atoms with Gasteiger partial charge in [-0.3, -0.25) is 9.59 Å². The van der Waals surface area contributed by atoms with Crippen LogP contribution in [0.2, 0.25) is 0 Å². The summed E-state index contributed by atoms with van der Waals surface area (Å²) in [5.74, 6) is -7.16. The molecule has 2 amide bonds. The second kappa shape index (κ2) is 9.08. The monoisotopic (exact) mass is 468 g/mol. The first-order chi connectivity index (χ1) is 16.0. The van der Waals surface area contributed by atoms with Crippen LogP contribution in [-0.4, -0.2) is 54.4 Å². The molecule has 3 aromatic carbocycles. The number of hydrogen-bond acceptors (Lipinski definition) is 8. The maximum absolute atomic E-state index is 12.5. The lowest BCUT2D eigenvalue weighted by atomic mass is 10.1. The Balaban J connectivity index is 1.88. The molecule has 12 heteroatoms. The van der Waals surface area contributed by atoms with Crippen LogP contribution in [0.4, 0.5) is 11.4 Å². The van der Waals surface area contributed by atoms with E-state index in [1.165, 1.54) is 0 Å². The molecule has 0 heterocycles. The van der Waals surface area contributed by atoms with Gasteiger partial charge in [0, 0.05) is 0 Å². The maximum atomic E-state index is 12.5. The number of aromatic hydroxyl groups is 4. The Kier molecular flexibility index (Phi) is 6.25. The highest BCUT2D eigenvalue weighted by molar-refractivity contribution is 6.12. The van der Waals surface area contributed by atoms with Crippen LogP contribution >= 0.6 is 0 Å². The predicted molar refractivity (Wildman–Crippen MR) is 116 cm³/mol. The van der Waals surface area contributed by atoms with Gasteiger partial charge in [0.2, 0.25) is 0 Å². The Morgan fingerprint density at radius 3 is 1.21 bits per heavy atom. The van der Waals surface area contributed by atoms with Gasteiger partial charge in [0.15, 0.2) is 0 Å². The Bertz CT molecular complexity index is 1250. The second-order valence-electron chi connectivity index (χ2n) is 6.86. The van der Waals surface area contributed by atoms with Crippen LogP contribution in [-0.2, 0) is 0 Å². The molecule has 34 heavy (non-hydrogen) atoms. The number of anilines is 2. The van der Waals surface area contributed by atoms with Gasteiger partial charge in [-0.05, 0) is 48.5 Å². The quantitative estimate of drug-likeness (QED) is 0.247. The second-order valence-corrected chi connectivity index (χ2v) is 6.86. The van der Waals surface area contributed by atoms with Crippen molar-refractivity contribution in [3.8, 4) is 23.0 Å². The van der Waals surface area contributed by atoms with Crippen molar-refractivity contribution >= 4 is 35.1 Å². The van der Waals surface area contributed by atoms with E-state index in [-0.39, 0.29) is 22.9 Å². The van der Waals surface area contributed by atoms with E-state index in [1.807, 2.05) is 0 Å². The highest BCUT2D eigenvalue weighted by Gasteiger charge is 2.22. The molecule has 12 nitrogen and oxygen atoms in total. The lowest BCUT2D eigenvalue weighted by Gasteiger charge is -2.13. The van der Waals surface area contributed by atoms with Gasteiger partial charge in [0.1, 0.15) is 23.0 Å². The van der Waals surface area contributed by atoms with Crippen LogP contribution in [0.5, 0.6) is 23.0 Å². The molecule has 0 radical (unpaired) electrons. The van der Waals surface area contributed by atoms with Crippen molar-refractivity contribution in [1.29, 1.82) is 0 Å². The lowest BCUT2D eigenvalue weighted by Crippen LogP contribution is -2.17. The van der Waals surface area contributed by atoms with E-state index in [4.69, 9.17) is 0 Å². The van der Waals surface area contributed by atoms with Crippen LogP contribution in [0, 0.1) is 0 Å². The maximum Gasteiger partial charge on any atom is 0.337 e. The van der Waals surface area contributed by atoms with E-state index in [1.54, 1.807) is 0 Å². The van der Waals surface area contributed by atoms with E-state index in [9.17, 15) is 49.8 Å². The number of hydrogen-bond donors (Lipinski definition) is 8. The number of carbonyl (C=O) groups is 4. The normalized spacial score (nSPS) is 10.4. The van der Waals surface area contributed by atoms with Crippen LogP contribution < -0.4 is 10.6 Å². The molecular weight excluding hydrogens is 452 g/mol. The molecule has 3 rings (SSSR count). The Morgan fingerprint density at radius 2 is 0.882 bits per heavy atom. The van der Waals surface area contributed by atoms with E-state index in [0.717, 1.165) is 48.5 Å². The molecule has 0 aliphatic rings. The smallest absolute Gasteiger partial charge is 0.337 e. The minimum atomic E-state index is -1.44. The molecular formula is C22H16N2O10. The number of carbonyl (C=O) groups excluding carboxylic acids is 2. The van der Waals surface area contributed by atoms with Gasteiger partial charge in [0.05, 0.1) is 33.6 Å². The molecule has 174 valence electrons. The first-order valence-corrected chi connectivity index (χ1v) is 9.29. The number of carboxylic acid groups (broad SMARTS) is 2. The largest absolute Gasteiger partial charge is 0.508 e. The molecule has 0 aliphatic heterocycles. The summed E-state index contributed by atoms with van der Waals surface area (Å²) in [6, 6.07) is 7.81. The number of benzene rings is 3. The third kappa shape index (κ3) is 4.80. The van der Waals surface area contributed by atoms with Crippen LogP contribution in [0.25, 0.3) is 0 Å². The summed E-state index contributed by atoms with van der Waals surface area (Å²) in [4.78, 5) is 47.7. The molecule has 8 N–H and O–H groups in total. The number of amides is 2. The van der Waals surface area contributed by atoms with E-state index < -0.39 is 57.5 Å². The molecule has 0 atom stereocenters. The molecule has 0 aromatic heterocycles. The first kappa shape index (κ1) is 23.4. The average Bonchev–Trinajstić information content (AvgIpc) is 2.76. The molecule has 0 unspecified atom stereocenters. The Morgan fingerprint density at radius 1 is 0.529 bits per heavy atom. The van der Waals surface area contributed by atoms with Crippen LogP contribution in [0.15, 0.2) is 48.5 Å². The van der Waals surface area contributed by atoms with Crippen molar-refractivity contribution in [3.05, 3.63) is 70.8 Å². The summed E-state index contributed by atoms with van der Waals surface area (Å²) in [5.41, 5.74) is -2.29. The highest BCUT2D eigenvalue weighted by Crippen LogP contribution is 2.30. The molecule has 0 spiro atoms. The van der Waals surface area contributed by atoms with Crippen molar-refractivity contribution in [2.75, 3.05) is 10.6 Å². The lowest BCUT2D eigenvalue weighted by molar-refractivity contribution is 0.0686. The number of rotatable bonds is 6. The number of aromatic carboxylic acids is 2. The summed E-state index contributed by atoms with van der Waals surface area (Å²) in [7, 11) is 0. The fourth-order valence-corrected chi connectivity index (χ4v) is 2.96. The van der Waals surface area contributed by atoms with Crippen molar-refractivity contribution in [3.63, 3.8) is 0 Å². The summed E-state index contributed by atoms with van der Waals surface area (Å²) in [6.07, 6.45) is 0. The van der Waals surface area contributed by atoms with Crippen molar-refractivity contribution in [1.82, 2.24) is 0 Å². The number of phenolic OH excluding ortho intramolecular Hbond substituents is 4. The SMILES string of the molecule is O=C(Nc1ccc(O)cc1C(=O)O)c1cc(O)c(C(=O)Nc2ccc(O)cc2C(=O)O)cc1O. The van der Waals surface area contributed by atoms with Crippen LogP contribution in [0.1, 0.15) is 41.4 Å². The third-order valence-electron chi connectivity index (χ3n) is 4.57. The molecule has 0 fully saturated rings. The zero-order valence-electron chi connectivity index (χ0n) is 16.9. The zero-order chi connectivity index (χ0) is 25.2. The van der Waals surface area contributed by atoms with E-state index >= 15 is 0 Å². The molecule has 0 saturated heterocycles. The minimum Gasteiger partial charge on any atom is -0.508 e. The summed E-state index contributed by atoms with van der Waals surface area (Å²) in [6.45, 7) is 0. The Labute approximate surface area is 190 Å². The third-order valence-corrected chi connectivity index (χ3v) is 4.57. The minimum absolute atomic E-state index is 0.204. The van der Waals surface area contributed by atoms with Gasteiger partial charge >= 0.3 is 11.9 Å². The molecule has 0 saturated carbocycles. The molecule has 0 aliphatic carbocycles. The highest BCUT2D eigenvalue weighted by atomic mass is 16.4. The number of carboxylic acids is 2. The Hall–Kier alpha value is -5.26. The fraction of sp³-hybridized carbons (Fsp3) is 0. The summed E-state index contributed by atoms with van der Waals surface area (Å²) < 4.78 is 0. The molecule has 3 aromatic rings. The van der Waals surface area contributed by atoms with Crippen LogP contribution in [0.3, 0.4) is 0 Å². The number of phenols is 4. The predicted octanol–water partition coefficient (Wildman–Crippen LogP) is 2.41. The number of nitrogens with one attached hydrogen (secondary N) is 2. The van der Waals surface area contributed by atoms with Gasteiger partial charge in [-0.15, -0.1) is 0 Å². The van der Waals surface area contributed by atoms with Gasteiger partial charge in [0.25, 0.3) is 11.8 Å². The standard InChI is InChI=1S/C22H16N2O10/c25-9-1-3-15(11(5-9)21(31)32)23-19(29)13-7-18(28)14(8-17(13)27)20(30)24-16-4-2-10(26)6-12(16)22(33)34/h1-8,25-28H,(H,23,29)(H,24,30)(H,31,32)(H,33,34). The summed E-state index contributed by atoms with van der Waals surface area (Å²) in [5, 5.41) is 62.2. The van der Waals surface area contributed by atoms with Gasteiger partial charge in [-0.1, -0.05) is 0 Å². The summed E-state index contributed by atoms with van der Waals surface area (Å²) >= 11 is 0.